The van der Waals surface area contributed by atoms with E-state index < -0.39 is 11.6 Å². The van der Waals surface area contributed by atoms with Crippen molar-refractivity contribution in [3.05, 3.63) is 48.4 Å². The second-order valence-electron chi connectivity index (χ2n) is 8.32. The molecular weight excluding hydrogens is 432 g/mol. The number of thioether (sulfide) groups is 1. The van der Waals surface area contributed by atoms with Crippen LogP contribution >= 0.6 is 11.8 Å². The molecule has 0 saturated carbocycles. The minimum atomic E-state index is -0.528. The zero-order chi connectivity index (χ0) is 22.1. The van der Waals surface area contributed by atoms with E-state index in [9.17, 15) is 8.78 Å². The van der Waals surface area contributed by atoms with Crippen LogP contribution in [0.3, 0.4) is 0 Å². The molecule has 32 heavy (non-hydrogen) atoms. The Kier molecular flexibility index (Phi) is 6.05. The molecule has 1 aromatic carbocycles. The number of anilines is 1. The van der Waals surface area contributed by atoms with Gasteiger partial charge in [0.2, 0.25) is 0 Å². The van der Waals surface area contributed by atoms with E-state index in [1.54, 1.807) is 36.4 Å². The quantitative estimate of drug-likeness (QED) is 0.399. The lowest BCUT2D eigenvalue weighted by atomic mass is 10.0. The largest absolute Gasteiger partial charge is 0.365 e. The second-order valence-corrected chi connectivity index (χ2v) is 9.38. The zero-order valence-corrected chi connectivity index (χ0v) is 18.7. The summed E-state index contributed by atoms with van der Waals surface area (Å²) in [5, 5.41) is 9.40. The van der Waals surface area contributed by atoms with E-state index >= 15 is 0 Å². The van der Waals surface area contributed by atoms with Crippen molar-refractivity contribution >= 4 is 17.4 Å². The van der Waals surface area contributed by atoms with E-state index in [0.717, 1.165) is 56.0 Å². The van der Waals surface area contributed by atoms with Crippen LogP contribution in [0, 0.1) is 17.6 Å². The molecule has 0 spiro atoms. The summed E-state index contributed by atoms with van der Waals surface area (Å²) in [5.41, 5.74) is 1.23. The Morgan fingerprint density at radius 2 is 2.06 bits per heavy atom. The summed E-state index contributed by atoms with van der Waals surface area (Å²) in [6.45, 7) is 3.79. The fourth-order valence-electron chi connectivity index (χ4n) is 4.77. The van der Waals surface area contributed by atoms with Gasteiger partial charge in [-0.3, -0.25) is 4.98 Å². The Labute approximate surface area is 189 Å². The molecule has 0 aliphatic carbocycles. The molecule has 4 heterocycles. The number of benzene rings is 1. The Balaban J connectivity index is 1.12. The molecule has 7 nitrogen and oxygen atoms in total. The molecule has 0 radical (unpaired) electrons. The third kappa shape index (κ3) is 4.21. The lowest BCUT2D eigenvalue weighted by molar-refractivity contribution is 0.319. The van der Waals surface area contributed by atoms with Crippen LogP contribution in [0.5, 0.6) is 0 Å². The van der Waals surface area contributed by atoms with Gasteiger partial charge in [0.1, 0.15) is 17.3 Å². The number of rotatable bonds is 7. The zero-order valence-electron chi connectivity index (χ0n) is 17.9. The fraction of sp³-hybridized carbons (Fsp3) is 0.455. The first-order valence-corrected chi connectivity index (χ1v) is 11.8. The lowest BCUT2D eigenvalue weighted by Gasteiger charge is -2.27. The van der Waals surface area contributed by atoms with Gasteiger partial charge < -0.3 is 14.4 Å². The third-order valence-electron chi connectivity index (χ3n) is 6.32. The number of hydrogen-bond donors (Lipinski definition) is 0. The van der Waals surface area contributed by atoms with Gasteiger partial charge in [0.15, 0.2) is 11.0 Å². The normalized spacial score (nSPS) is 20.8. The molecule has 3 aromatic rings. The van der Waals surface area contributed by atoms with Gasteiger partial charge in [-0.15, -0.1) is 10.2 Å². The molecule has 0 N–H and O–H groups in total. The molecule has 2 atom stereocenters. The highest BCUT2D eigenvalue weighted by Crippen LogP contribution is 2.36. The Morgan fingerprint density at radius 1 is 1.16 bits per heavy atom. The maximum absolute atomic E-state index is 14.3. The number of hydrogen-bond acceptors (Lipinski definition) is 7. The highest BCUT2D eigenvalue weighted by atomic mass is 32.2. The maximum Gasteiger partial charge on any atom is 0.191 e. The highest BCUT2D eigenvalue weighted by Gasteiger charge is 2.41. The molecule has 0 bridgehead atoms. The van der Waals surface area contributed by atoms with E-state index in [1.165, 1.54) is 6.07 Å². The molecule has 2 aliphatic rings. The summed E-state index contributed by atoms with van der Waals surface area (Å²) >= 11 is 1.69. The Bertz CT molecular complexity index is 1080. The number of aromatic nitrogens is 5. The monoisotopic (exact) mass is 457 g/mol. The van der Waals surface area contributed by atoms with E-state index in [2.05, 4.69) is 30.0 Å². The second kappa shape index (κ2) is 9.11. The van der Waals surface area contributed by atoms with Crippen LogP contribution in [0.1, 0.15) is 12.8 Å². The first kappa shape index (κ1) is 21.3. The van der Waals surface area contributed by atoms with Gasteiger partial charge in [-0.1, -0.05) is 11.8 Å². The maximum atomic E-state index is 14.3. The topological polar surface area (TPSA) is 63.0 Å². The fourth-order valence-corrected chi connectivity index (χ4v) is 5.61. The standard InChI is InChI=1S/C22H25F2N7S/c1-29-21(18-12-25-6-7-26-18)27-28-22(29)32-10-2-8-30-13-15-5-9-31(20(15)14-30)19-4-3-16(23)11-17(19)24/h3-4,6-7,11-12,15,20H,2,5,8-10,13-14H2,1H3/t15-,20+/m0/s1. The van der Waals surface area contributed by atoms with Crippen LogP contribution < -0.4 is 4.90 Å². The number of likely N-dealkylation sites (tertiary alicyclic amines) is 1. The van der Waals surface area contributed by atoms with Crippen LogP contribution in [-0.4, -0.2) is 67.6 Å². The van der Waals surface area contributed by atoms with E-state index in [4.69, 9.17) is 0 Å². The smallest absolute Gasteiger partial charge is 0.191 e. The van der Waals surface area contributed by atoms with Crippen LogP contribution in [0.4, 0.5) is 14.5 Å². The van der Waals surface area contributed by atoms with Crippen LogP contribution in [0.25, 0.3) is 11.5 Å². The molecule has 2 saturated heterocycles. The Morgan fingerprint density at radius 3 is 2.88 bits per heavy atom. The molecule has 2 aliphatic heterocycles. The first-order valence-electron chi connectivity index (χ1n) is 10.8. The van der Waals surface area contributed by atoms with Gasteiger partial charge >= 0.3 is 0 Å². The van der Waals surface area contributed by atoms with Crippen molar-refractivity contribution in [3.8, 4) is 11.5 Å². The minimum Gasteiger partial charge on any atom is -0.365 e. The van der Waals surface area contributed by atoms with Gasteiger partial charge in [0.25, 0.3) is 0 Å². The van der Waals surface area contributed by atoms with Gasteiger partial charge in [0, 0.05) is 56.9 Å². The molecule has 2 fully saturated rings. The average molecular weight is 458 g/mol. The van der Waals surface area contributed by atoms with Gasteiger partial charge in [0.05, 0.1) is 11.9 Å². The van der Waals surface area contributed by atoms with Crippen molar-refractivity contribution in [1.29, 1.82) is 0 Å². The molecule has 10 heteroatoms. The van der Waals surface area contributed by atoms with Crippen LogP contribution in [0.2, 0.25) is 0 Å². The first-order chi connectivity index (χ1) is 15.6. The van der Waals surface area contributed by atoms with E-state index in [0.29, 0.717) is 29.2 Å². The van der Waals surface area contributed by atoms with Crippen molar-refractivity contribution < 1.29 is 8.78 Å². The average Bonchev–Trinajstić information content (AvgIpc) is 3.47. The predicted molar refractivity (Wildman–Crippen MR) is 119 cm³/mol. The molecular formula is C22H25F2N7S. The van der Waals surface area contributed by atoms with Crippen molar-refractivity contribution in [2.75, 3.05) is 36.8 Å². The predicted octanol–water partition coefficient (Wildman–Crippen LogP) is 3.24. The van der Waals surface area contributed by atoms with Crippen LogP contribution in [-0.2, 0) is 7.05 Å². The number of nitrogens with zero attached hydrogens (tertiary/aromatic N) is 7. The molecule has 5 rings (SSSR count). The molecule has 2 aromatic heterocycles. The number of fused-ring (bicyclic) bond motifs is 1. The summed E-state index contributed by atoms with van der Waals surface area (Å²) < 4.78 is 29.5. The Hall–Kier alpha value is -2.59. The molecule has 0 unspecified atom stereocenters. The summed E-state index contributed by atoms with van der Waals surface area (Å²) in [6.07, 6.45) is 7.05. The van der Waals surface area contributed by atoms with Gasteiger partial charge in [-0.25, -0.2) is 13.8 Å². The van der Waals surface area contributed by atoms with Crippen LogP contribution in [0.15, 0.2) is 41.9 Å². The van der Waals surface area contributed by atoms with E-state index in [1.807, 2.05) is 11.6 Å². The summed E-state index contributed by atoms with van der Waals surface area (Å²) in [5.74, 6) is 1.19. The SMILES string of the molecule is Cn1c(SCCCN2C[C@@H]3CCN(c4ccc(F)cc4F)[C@@H]3C2)nnc1-c1cnccn1. The van der Waals surface area contributed by atoms with Crippen molar-refractivity contribution in [1.82, 2.24) is 29.6 Å². The molecule has 0 amide bonds. The summed E-state index contributed by atoms with van der Waals surface area (Å²) in [6, 6.07) is 4.20. The minimum absolute atomic E-state index is 0.302. The highest BCUT2D eigenvalue weighted by molar-refractivity contribution is 7.99. The summed E-state index contributed by atoms with van der Waals surface area (Å²) in [7, 11) is 1.94. The van der Waals surface area contributed by atoms with Crippen molar-refractivity contribution in [3.63, 3.8) is 0 Å². The van der Waals surface area contributed by atoms with Crippen molar-refractivity contribution in [2.24, 2.45) is 13.0 Å². The summed E-state index contributed by atoms with van der Waals surface area (Å²) in [4.78, 5) is 13.0. The molecule has 168 valence electrons. The van der Waals surface area contributed by atoms with E-state index in [-0.39, 0.29) is 0 Å². The van der Waals surface area contributed by atoms with Gasteiger partial charge in [-0.05, 0) is 37.4 Å². The number of halogens is 2. The van der Waals surface area contributed by atoms with Gasteiger partial charge in [-0.2, -0.15) is 0 Å². The lowest BCUT2D eigenvalue weighted by Crippen LogP contribution is -2.36. The van der Waals surface area contributed by atoms with Crippen molar-refractivity contribution in [2.45, 2.75) is 24.0 Å². The third-order valence-corrected chi connectivity index (χ3v) is 7.43.